The summed E-state index contributed by atoms with van der Waals surface area (Å²) in [4.78, 5) is 0. The first-order chi connectivity index (χ1) is 8.19. The molecule has 3 rings (SSSR count). The normalized spacial score (nSPS) is 35.5. The molecule has 2 N–H and O–H groups in total. The van der Waals surface area contributed by atoms with Crippen molar-refractivity contribution in [3.05, 3.63) is 35.9 Å². The first-order valence-corrected chi connectivity index (χ1v) is 6.61. The van der Waals surface area contributed by atoms with E-state index >= 15 is 0 Å². The van der Waals surface area contributed by atoms with Gasteiger partial charge in [-0.1, -0.05) is 37.3 Å². The van der Waals surface area contributed by atoms with Crippen LogP contribution in [0, 0.1) is 5.92 Å². The van der Waals surface area contributed by atoms with Gasteiger partial charge in [0.25, 0.3) is 0 Å². The number of hydrogen-bond donors (Lipinski definition) is 1. The molecule has 0 spiro atoms. The average molecular weight is 231 g/mol. The Morgan fingerprint density at radius 2 is 1.76 bits per heavy atom. The van der Waals surface area contributed by atoms with Crippen LogP contribution in [0.25, 0.3) is 0 Å². The molecule has 1 aromatic carbocycles. The summed E-state index contributed by atoms with van der Waals surface area (Å²) in [7, 11) is 0. The van der Waals surface area contributed by atoms with Gasteiger partial charge in [0.1, 0.15) is 0 Å². The Hall–Kier alpha value is -0.860. The zero-order chi connectivity index (χ0) is 11.9. The standard InChI is InChI=1S/C15H21NO/c1-12-11-15(12,16)14(7-9-17-10-8-14)13-5-3-2-4-6-13/h2-6,12H,7-11,16H2,1H3. The van der Waals surface area contributed by atoms with Gasteiger partial charge in [0.15, 0.2) is 0 Å². The van der Waals surface area contributed by atoms with Crippen molar-refractivity contribution in [2.45, 2.75) is 37.1 Å². The van der Waals surface area contributed by atoms with Gasteiger partial charge in [0, 0.05) is 24.2 Å². The van der Waals surface area contributed by atoms with Crippen molar-refractivity contribution >= 4 is 0 Å². The second kappa shape index (κ2) is 3.82. The van der Waals surface area contributed by atoms with E-state index in [2.05, 4.69) is 37.3 Å². The minimum Gasteiger partial charge on any atom is -0.381 e. The molecule has 17 heavy (non-hydrogen) atoms. The van der Waals surface area contributed by atoms with Crippen LogP contribution < -0.4 is 5.73 Å². The third kappa shape index (κ3) is 1.54. The van der Waals surface area contributed by atoms with Crippen LogP contribution in [0.3, 0.4) is 0 Å². The van der Waals surface area contributed by atoms with E-state index in [0.29, 0.717) is 5.92 Å². The molecule has 2 fully saturated rings. The molecule has 2 atom stereocenters. The summed E-state index contributed by atoms with van der Waals surface area (Å²) in [5, 5.41) is 0. The molecule has 1 aliphatic carbocycles. The minimum atomic E-state index is -0.00185. The number of nitrogens with two attached hydrogens (primary N) is 1. The molecule has 0 radical (unpaired) electrons. The summed E-state index contributed by atoms with van der Waals surface area (Å²) in [6.45, 7) is 3.97. The lowest BCUT2D eigenvalue weighted by molar-refractivity contribution is 0.0336. The van der Waals surface area contributed by atoms with Gasteiger partial charge in [-0.25, -0.2) is 0 Å². The lowest BCUT2D eigenvalue weighted by atomic mass is 9.66. The van der Waals surface area contributed by atoms with Crippen LogP contribution in [-0.4, -0.2) is 18.8 Å². The molecule has 0 amide bonds. The van der Waals surface area contributed by atoms with Gasteiger partial charge < -0.3 is 10.5 Å². The van der Waals surface area contributed by atoms with Gasteiger partial charge in [-0.05, 0) is 30.7 Å². The second-order valence-electron chi connectivity index (χ2n) is 5.71. The third-order valence-corrected chi connectivity index (χ3v) is 4.93. The highest BCUT2D eigenvalue weighted by Crippen LogP contribution is 2.58. The number of hydrogen-bond acceptors (Lipinski definition) is 2. The van der Waals surface area contributed by atoms with Crippen LogP contribution in [0.4, 0.5) is 0 Å². The summed E-state index contributed by atoms with van der Waals surface area (Å²) in [5.41, 5.74) is 8.23. The molecule has 2 unspecified atom stereocenters. The van der Waals surface area contributed by atoms with Crippen molar-refractivity contribution in [2.75, 3.05) is 13.2 Å². The maximum absolute atomic E-state index is 6.68. The highest BCUT2D eigenvalue weighted by Gasteiger charge is 2.62. The number of rotatable bonds is 2. The van der Waals surface area contributed by atoms with E-state index in [4.69, 9.17) is 10.5 Å². The molecule has 92 valence electrons. The summed E-state index contributed by atoms with van der Waals surface area (Å²) in [6.07, 6.45) is 3.29. The zero-order valence-corrected chi connectivity index (χ0v) is 10.5. The monoisotopic (exact) mass is 231 g/mol. The average Bonchev–Trinajstić information content (AvgIpc) is 3.01. The van der Waals surface area contributed by atoms with Crippen molar-refractivity contribution in [2.24, 2.45) is 11.7 Å². The molecule has 2 heteroatoms. The Bertz CT molecular complexity index is 397. The van der Waals surface area contributed by atoms with Crippen molar-refractivity contribution in [1.82, 2.24) is 0 Å². The molecule has 1 aromatic rings. The zero-order valence-electron chi connectivity index (χ0n) is 10.5. The predicted molar refractivity (Wildman–Crippen MR) is 68.9 cm³/mol. The van der Waals surface area contributed by atoms with E-state index in [1.165, 1.54) is 5.56 Å². The lowest BCUT2D eigenvalue weighted by Crippen LogP contribution is -2.52. The SMILES string of the molecule is CC1CC1(N)C1(c2ccccc2)CCOCC1. The highest BCUT2D eigenvalue weighted by atomic mass is 16.5. The molecular weight excluding hydrogens is 210 g/mol. The number of ether oxygens (including phenoxy) is 1. The van der Waals surface area contributed by atoms with E-state index in [0.717, 1.165) is 32.5 Å². The lowest BCUT2D eigenvalue weighted by Gasteiger charge is -2.43. The van der Waals surface area contributed by atoms with Crippen LogP contribution in [0.1, 0.15) is 31.7 Å². The highest BCUT2D eigenvalue weighted by molar-refractivity contribution is 5.36. The van der Waals surface area contributed by atoms with Gasteiger partial charge in [-0.15, -0.1) is 0 Å². The van der Waals surface area contributed by atoms with Gasteiger partial charge >= 0.3 is 0 Å². The largest absolute Gasteiger partial charge is 0.381 e. The van der Waals surface area contributed by atoms with Crippen LogP contribution in [0.5, 0.6) is 0 Å². The second-order valence-corrected chi connectivity index (χ2v) is 5.71. The van der Waals surface area contributed by atoms with Crippen molar-refractivity contribution < 1.29 is 4.74 Å². The molecule has 0 bridgehead atoms. The Balaban J connectivity index is 2.03. The van der Waals surface area contributed by atoms with Crippen LogP contribution >= 0.6 is 0 Å². The minimum absolute atomic E-state index is 0.00185. The Morgan fingerprint density at radius 1 is 1.18 bits per heavy atom. The van der Waals surface area contributed by atoms with E-state index in [-0.39, 0.29) is 11.0 Å². The van der Waals surface area contributed by atoms with E-state index < -0.39 is 0 Å². The quantitative estimate of drug-likeness (QED) is 0.848. The molecule has 2 aliphatic rings. The molecular formula is C15H21NO. The van der Waals surface area contributed by atoms with E-state index in [9.17, 15) is 0 Å². The summed E-state index contributed by atoms with van der Waals surface area (Å²) >= 11 is 0. The van der Waals surface area contributed by atoms with Crippen LogP contribution in [0.2, 0.25) is 0 Å². The van der Waals surface area contributed by atoms with Crippen molar-refractivity contribution in [3.63, 3.8) is 0 Å². The topological polar surface area (TPSA) is 35.2 Å². The first kappa shape index (κ1) is 11.2. The smallest absolute Gasteiger partial charge is 0.0475 e. The van der Waals surface area contributed by atoms with Crippen LogP contribution in [-0.2, 0) is 10.2 Å². The van der Waals surface area contributed by atoms with Gasteiger partial charge in [-0.3, -0.25) is 0 Å². The summed E-state index contributed by atoms with van der Waals surface area (Å²) in [6, 6.07) is 10.8. The molecule has 0 aromatic heterocycles. The van der Waals surface area contributed by atoms with Crippen LogP contribution in [0.15, 0.2) is 30.3 Å². The van der Waals surface area contributed by atoms with Crippen molar-refractivity contribution in [1.29, 1.82) is 0 Å². The molecule has 2 nitrogen and oxygen atoms in total. The van der Waals surface area contributed by atoms with Gasteiger partial charge in [-0.2, -0.15) is 0 Å². The summed E-state index contributed by atoms with van der Waals surface area (Å²) in [5.74, 6) is 0.640. The molecule has 1 aliphatic heterocycles. The third-order valence-electron chi connectivity index (χ3n) is 4.93. The van der Waals surface area contributed by atoms with E-state index in [1.807, 2.05) is 0 Å². The maximum Gasteiger partial charge on any atom is 0.0475 e. The Labute approximate surface area is 103 Å². The molecule has 1 heterocycles. The molecule has 1 saturated heterocycles. The first-order valence-electron chi connectivity index (χ1n) is 6.61. The van der Waals surface area contributed by atoms with Crippen molar-refractivity contribution in [3.8, 4) is 0 Å². The van der Waals surface area contributed by atoms with Gasteiger partial charge in [0.2, 0.25) is 0 Å². The number of benzene rings is 1. The fraction of sp³-hybridized carbons (Fsp3) is 0.600. The maximum atomic E-state index is 6.68. The fourth-order valence-corrected chi connectivity index (χ4v) is 3.61. The Morgan fingerprint density at radius 3 is 2.29 bits per heavy atom. The van der Waals surface area contributed by atoms with Gasteiger partial charge in [0.05, 0.1) is 0 Å². The molecule has 1 saturated carbocycles. The Kier molecular flexibility index (Phi) is 2.53. The van der Waals surface area contributed by atoms with E-state index in [1.54, 1.807) is 0 Å². The fourth-order valence-electron chi connectivity index (χ4n) is 3.61. The predicted octanol–water partition coefficient (Wildman–Crippen LogP) is 2.47. The summed E-state index contributed by atoms with van der Waals surface area (Å²) < 4.78 is 5.55.